The molecular formula is C16H13N2O3S-. The van der Waals surface area contributed by atoms with Crippen molar-refractivity contribution < 1.29 is 9.90 Å². The van der Waals surface area contributed by atoms with Gasteiger partial charge in [-0.15, -0.1) is 11.3 Å². The molecule has 2 heterocycles. The number of carboxylic acids is 1. The molecule has 112 valence electrons. The van der Waals surface area contributed by atoms with Crippen LogP contribution in [0.5, 0.6) is 0 Å². The predicted molar refractivity (Wildman–Crippen MR) is 83.8 cm³/mol. The molecule has 0 radical (unpaired) electrons. The van der Waals surface area contributed by atoms with Gasteiger partial charge in [-0.05, 0) is 25.0 Å². The Kier molecular flexibility index (Phi) is 3.54. The van der Waals surface area contributed by atoms with Crippen LogP contribution in [0.25, 0.3) is 21.3 Å². The molecular weight excluding hydrogens is 300 g/mol. The largest absolute Gasteiger partial charge is 0.548 e. The number of hydrogen-bond donors (Lipinski definition) is 0. The lowest BCUT2D eigenvalue weighted by Gasteiger charge is -2.08. The van der Waals surface area contributed by atoms with E-state index in [1.807, 2.05) is 37.4 Å². The molecule has 0 aliphatic carbocycles. The predicted octanol–water partition coefficient (Wildman–Crippen LogP) is 1.49. The second-order valence-corrected chi connectivity index (χ2v) is 6.06. The fraction of sp³-hybridized carbons (Fsp3) is 0.188. The van der Waals surface area contributed by atoms with Gasteiger partial charge >= 0.3 is 0 Å². The number of thiophene rings is 1. The number of benzene rings is 1. The Bertz CT molecular complexity index is 940. The van der Waals surface area contributed by atoms with E-state index in [-0.39, 0.29) is 5.56 Å². The number of nitrogens with zero attached hydrogens (tertiary/aromatic N) is 2. The lowest BCUT2D eigenvalue weighted by atomic mass is 9.99. The third-order valence-corrected chi connectivity index (χ3v) is 4.43. The maximum atomic E-state index is 12.6. The summed E-state index contributed by atoms with van der Waals surface area (Å²) in [6.07, 6.45) is 1.25. The van der Waals surface area contributed by atoms with Crippen LogP contribution >= 0.6 is 11.3 Å². The maximum Gasteiger partial charge on any atom is 0.263 e. The molecule has 0 saturated heterocycles. The zero-order valence-corrected chi connectivity index (χ0v) is 12.9. The molecule has 0 atom stereocenters. The van der Waals surface area contributed by atoms with Crippen molar-refractivity contribution in [2.24, 2.45) is 0 Å². The van der Waals surface area contributed by atoms with E-state index in [2.05, 4.69) is 4.98 Å². The standard InChI is InChI=1S/C16H14N2O3S/c1-9-3-4-10(2)11(5-9)12-7-22-15-14(12)16(21)18(8-17-15)6-13(19)20/h3-5,7-8H,6H2,1-2H3,(H,19,20)/p-1. The minimum absolute atomic E-state index is 0.355. The molecule has 6 heteroatoms. The molecule has 0 aliphatic rings. The average molecular weight is 313 g/mol. The molecule has 0 spiro atoms. The first-order valence-corrected chi connectivity index (χ1v) is 7.59. The maximum absolute atomic E-state index is 12.6. The second-order valence-electron chi connectivity index (χ2n) is 5.20. The van der Waals surface area contributed by atoms with Crippen LogP contribution in [0, 0.1) is 13.8 Å². The highest BCUT2D eigenvalue weighted by atomic mass is 32.1. The van der Waals surface area contributed by atoms with E-state index in [0.717, 1.165) is 26.8 Å². The van der Waals surface area contributed by atoms with Gasteiger partial charge in [-0.2, -0.15) is 0 Å². The van der Waals surface area contributed by atoms with Gasteiger partial charge in [0.25, 0.3) is 5.56 Å². The fourth-order valence-electron chi connectivity index (χ4n) is 2.44. The molecule has 2 aromatic heterocycles. The topological polar surface area (TPSA) is 75.0 Å². The van der Waals surface area contributed by atoms with Crippen molar-refractivity contribution in [3.05, 3.63) is 51.4 Å². The Morgan fingerprint density at radius 3 is 2.82 bits per heavy atom. The molecule has 0 N–H and O–H groups in total. The summed E-state index contributed by atoms with van der Waals surface area (Å²) in [4.78, 5) is 28.1. The first-order valence-electron chi connectivity index (χ1n) is 6.71. The number of aliphatic carboxylic acids is 1. The molecule has 1 aromatic carbocycles. The molecule has 0 saturated carbocycles. The zero-order chi connectivity index (χ0) is 15.9. The molecule has 3 rings (SSSR count). The number of aromatic nitrogens is 2. The van der Waals surface area contributed by atoms with Crippen LogP contribution in [0.4, 0.5) is 0 Å². The zero-order valence-electron chi connectivity index (χ0n) is 12.1. The first kappa shape index (κ1) is 14.5. The molecule has 0 unspecified atom stereocenters. The van der Waals surface area contributed by atoms with Crippen molar-refractivity contribution >= 4 is 27.5 Å². The van der Waals surface area contributed by atoms with Gasteiger partial charge in [0, 0.05) is 10.9 Å². The number of carbonyl (C=O) groups excluding carboxylic acids is 1. The molecule has 0 fully saturated rings. The van der Waals surface area contributed by atoms with E-state index in [4.69, 9.17) is 0 Å². The lowest BCUT2D eigenvalue weighted by Crippen LogP contribution is -2.32. The van der Waals surface area contributed by atoms with Gasteiger partial charge in [-0.1, -0.05) is 23.8 Å². The average Bonchev–Trinajstić information content (AvgIpc) is 2.89. The molecule has 0 bridgehead atoms. The van der Waals surface area contributed by atoms with Gasteiger partial charge in [0.2, 0.25) is 0 Å². The van der Waals surface area contributed by atoms with Gasteiger partial charge in [0.15, 0.2) is 0 Å². The van der Waals surface area contributed by atoms with Crippen molar-refractivity contribution in [2.75, 3.05) is 0 Å². The number of aryl methyl sites for hydroxylation is 2. The van der Waals surface area contributed by atoms with Crippen LogP contribution < -0.4 is 10.7 Å². The van der Waals surface area contributed by atoms with Crippen LogP contribution in [0.3, 0.4) is 0 Å². The monoisotopic (exact) mass is 313 g/mol. The lowest BCUT2D eigenvalue weighted by molar-refractivity contribution is -0.306. The van der Waals surface area contributed by atoms with Crippen molar-refractivity contribution in [3.63, 3.8) is 0 Å². The van der Waals surface area contributed by atoms with Gasteiger partial charge in [-0.25, -0.2) is 4.98 Å². The van der Waals surface area contributed by atoms with Gasteiger partial charge < -0.3 is 9.90 Å². The summed E-state index contributed by atoms with van der Waals surface area (Å²) < 4.78 is 1.07. The molecule has 3 aromatic rings. The highest BCUT2D eigenvalue weighted by Crippen LogP contribution is 2.33. The van der Waals surface area contributed by atoms with Gasteiger partial charge in [0.05, 0.1) is 24.2 Å². The number of hydrogen-bond acceptors (Lipinski definition) is 5. The third-order valence-electron chi connectivity index (χ3n) is 3.54. The van der Waals surface area contributed by atoms with E-state index in [1.54, 1.807) is 0 Å². The summed E-state index contributed by atoms with van der Waals surface area (Å²) in [5, 5.41) is 13.1. The van der Waals surface area contributed by atoms with Crippen LogP contribution in [0.1, 0.15) is 11.1 Å². The Hall–Kier alpha value is -2.47. The third kappa shape index (κ3) is 2.42. The van der Waals surface area contributed by atoms with Crippen LogP contribution in [0.2, 0.25) is 0 Å². The second kappa shape index (κ2) is 5.38. The normalized spacial score (nSPS) is 11.0. The van der Waals surface area contributed by atoms with Crippen molar-refractivity contribution in [3.8, 4) is 11.1 Å². The summed E-state index contributed by atoms with van der Waals surface area (Å²) in [7, 11) is 0. The SMILES string of the molecule is Cc1ccc(C)c(-c2csc3ncn(CC(=O)[O-])c(=O)c23)c1. The van der Waals surface area contributed by atoms with Crippen LogP contribution in [-0.4, -0.2) is 15.5 Å². The van der Waals surface area contributed by atoms with E-state index in [1.165, 1.54) is 17.7 Å². The number of carboxylic acid groups (broad SMARTS) is 1. The van der Waals surface area contributed by atoms with E-state index in [0.29, 0.717) is 10.2 Å². The quantitative estimate of drug-likeness (QED) is 0.734. The number of rotatable bonds is 3. The molecule has 0 aliphatic heterocycles. The van der Waals surface area contributed by atoms with Crippen LogP contribution in [0.15, 0.2) is 34.7 Å². The summed E-state index contributed by atoms with van der Waals surface area (Å²) in [6, 6.07) is 6.04. The number of carbonyl (C=O) groups is 1. The smallest absolute Gasteiger partial charge is 0.263 e. The fourth-order valence-corrected chi connectivity index (χ4v) is 3.34. The van der Waals surface area contributed by atoms with Crippen molar-refractivity contribution in [2.45, 2.75) is 20.4 Å². The highest BCUT2D eigenvalue weighted by molar-refractivity contribution is 7.17. The number of fused-ring (bicyclic) bond motifs is 1. The van der Waals surface area contributed by atoms with E-state index >= 15 is 0 Å². The minimum Gasteiger partial charge on any atom is -0.548 e. The summed E-state index contributed by atoms with van der Waals surface area (Å²) >= 11 is 1.38. The summed E-state index contributed by atoms with van der Waals surface area (Å²) in [5.74, 6) is -1.31. The first-order chi connectivity index (χ1) is 10.5. The van der Waals surface area contributed by atoms with Crippen molar-refractivity contribution in [1.29, 1.82) is 0 Å². The van der Waals surface area contributed by atoms with E-state index < -0.39 is 12.5 Å². The van der Waals surface area contributed by atoms with Gasteiger partial charge in [-0.3, -0.25) is 9.36 Å². The highest BCUT2D eigenvalue weighted by Gasteiger charge is 2.14. The Balaban J connectivity index is 2.29. The molecule has 22 heavy (non-hydrogen) atoms. The Labute approximate surface area is 130 Å². The van der Waals surface area contributed by atoms with Crippen LogP contribution in [-0.2, 0) is 11.3 Å². The van der Waals surface area contributed by atoms with Crippen molar-refractivity contribution in [1.82, 2.24) is 9.55 Å². The Morgan fingerprint density at radius 1 is 1.32 bits per heavy atom. The van der Waals surface area contributed by atoms with Gasteiger partial charge in [0.1, 0.15) is 4.83 Å². The summed E-state index contributed by atoms with van der Waals surface area (Å²) in [5.41, 5.74) is 3.56. The minimum atomic E-state index is -1.31. The van der Waals surface area contributed by atoms with E-state index in [9.17, 15) is 14.7 Å². The summed E-state index contributed by atoms with van der Waals surface area (Å²) in [6.45, 7) is 3.47. The molecule has 5 nitrogen and oxygen atoms in total. The Morgan fingerprint density at radius 2 is 2.09 bits per heavy atom. The molecule has 0 amide bonds.